The maximum Gasteiger partial charge on any atom is 0.311 e. The van der Waals surface area contributed by atoms with Gasteiger partial charge in [0.05, 0.1) is 17.7 Å². The zero-order valence-corrected chi connectivity index (χ0v) is 18.2. The van der Waals surface area contributed by atoms with Gasteiger partial charge in [-0.25, -0.2) is 0 Å². The van der Waals surface area contributed by atoms with Crippen molar-refractivity contribution in [3.63, 3.8) is 0 Å². The number of nitrogens with one attached hydrogen (secondary N) is 1. The molecule has 0 bridgehead atoms. The van der Waals surface area contributed by atoms with Crippen molar-refractivity contribution in [3.05, 3.63) is 52.3 Å². The average molecular weight is 400 g/mol. The van der Waals surface area contributed by atoms with Crippen LogP contribution < -0.4 is 5.32 Å². The van der Waals surface area contributed by atoms with E-state index in [-0.39, 0.29) is 12.5 Å². The van der Waals surface area contributed by atoms with Gasteiger partial charge in [-0.2, -0.15) is 5.10 Å². The number of carbonyl (C=O) groups is 2. The predicted molar refractivity (Wildman–Crippen MR) is 114 cm³/mol. The molecule has 0 aliphatic rings. The zero-order valence-electron chi connectivity index (χ0n) is 18.2. The molecule has 158 valence electrons. The fraction of sp³-hybridized carbons (Fsp3) is 0.522. The third kappa shape index (κ3) is 5.46. The zero-order chi connectivity index (χ0) is 21.6. The highest BCUT2D eigenvalue weighted by atomic mass is 16.4. The van der Waals surface area contributed by atoms with Gasteiger partial charge < -0.3 is 10.4 Å². The topological polar surface area (TPSA) is 84.2 Å². The fourth-order valence-electron chi connectivity index (χ4n) is 3.59. The van der Waals surface area contributed by atoms with Gasteiger partial charge in [0.25, 0.3) is 0 Å². The second-order valence-electron chi connectivity index (χ2n) is 7.86. The Balaban J connectivity index is 1.98. The van der Waals surface area contributed by atoms with E-state index < -0.39 is 11.4 Å². The number of amides is 1. The van der Waals surface area contributed by atoms with Crippen LogP contribution in [0, 0.1) is 26.2 Å². The summed E-state index contributed by atoms with van der Waals surface area (Å²) in [6.07, 6.45) is 1.89. The van der Waals surface area contributed by atoms with Crippen LogP contribution in [0.15, 0.2) is 24.3 Å². The van der Waals surface area contributed by atoms with Crippen molar-refractivity contribution in [1.82, 2.24) is 15.1 Å². The molecule has 1 amide bonds. The molecule has 0 saturated heterocycles. The fourth-order valence-corrected chi connectivity index (χ4v) is 3.59. The molecule has 0 fully saturated rings. The number of carbonyl (C=O) groups excluding carboxylic acids is 1. The molecule has 2 aromatic rings. The molecule has 0 aliphatic heterocycles. The Bertz CT molecular complexity index is 849. The molecule has 0 atom stereocenters. The van der Waals surface area contributed by atoms with E-state index in [1.807, 2.05) is 32.4 Å². The lowest BCUT2D eigenvalue weighted by molar-refractivity contribution is -0.149. The molecule has 29 heavy (non-hydrogen) atoms. The number of aryl methyl sites for hydroxylation is 2. The van der Waals surface area contributed by atoms with Crippen molar-refractivity contribution in [2.24, 2.45) is 5.41 Å². The number of rotatable bonds is 10. The molecule has 0 saturated carbocycles. The summed E-state index contributed by atoms with van der Waals surface area (Å²) in [5, 5.41) is 17.0. The van der Waals surface area contributed by atoms with Gasteiger partial charge in [-0.05, 0) is 51.2 Å². The molecular formula is C23H33N3O3. The summed E-state index contributed by atoms with van der Waals surface area (Å²) in [6.45, 7) is 10.6. The second kappa shape index (κ2) is 9.72. The summed E-state index contributed by atoms with van der Waals surface area (Å²) in [6, 6.07) is 8.40. The van der Waals surface area contributed by atoms with Gasteiger partial charge in [-0.3, -0.25) is 14.3 Å². The van der Waals surface area contributed by atoms with E-state index in [1.165, 1.54) is 11.1 Å². The normalized spacial score (nSPS) is 11.5. The lowest BCUT2D eigenvalue weighted by Gasteiger charge is -2.26. The number of carboxylic acids is 1. The second-order valence-corrected chi connectivity index (χ2v) is 7.86. The van der Waals surface area contributed by atoms with Gasteiger partial charge in [0.15, 0.2) is 0 Å². The molecule has 6 nitrogen and oxygen atoms in total. The van der Waals surface area contributed by atoms with Crippen LogP contribution in [0.5, 0.6) is 0 Å². The summed E-state index contributed by atoms with van der Waals surface area (Å²) in [5.41, 5.74) is 4.62. The monoisotopic (exact) mass is 399 g/mol. The Morgan fingerprint density at radius 1 is 1.10 bits per heavy atom. The molecule has 0 unspecified atom stereocenters. The van der Waals surface area contributed by atoms with Gasteiger partial charge >= 0.3 is 5.97 Å². The number of aromatic nitrogens is 2. The van der Waals surface area contributed by atoms with E-state index in [0.29, 0.717) is 32.2 Å². The number of aliphatic carboxylic acids is 1. The van der Waals surface area contributed by atoms with Crippen LogP contribution in [0.3, 0.4) is 0 Å². The molecule has 0 radical (unpaired) electrons. The summed E-state index contributed by atoms with van der Waals surface area (Å²) in [4.78, 5) is 23.9. The Morgan fingerprint density at radius 3 is 2.28 bits per heavy atom. The number of hydrogen-bond acceptors (Lipinski definition) is 3. The largest absolute Gasteiger partial charge is 0.481 e. The van der Waals surface area contributed by atoms with Crippen LogP contribution in [-0.4, -0.2) is 33.3 Å². The number of nitrogens with zero attached hydrogens (tertiary/aromatic N) is 2. The Labute approximate surface area is 173 Å². The minimum atomic E-state index is -0.888. The van der Waals surface area contributed by atoms with Crippen LogP contribution >= 0.6 is 0 Å². The lowest BCUT2D eigenvalue weighted by Crippen LogP contribution is -2.42. The molecule has 2 rings (SSSR count). The third-order valence-corrected chi connectivity index (χ3v) is 6.02. The standard InChI is InChI=1S/C23H33N3O3/c1-6-23(7-2,22(28)29)15-24-21(27)13-12-20-17(4)25-26(18(20)5)14-19-10-8-16(3)9-11-19/h8-11H,6-7,12-15H2,1-5H3,(H,24,27)(H,28,29). The van der Waals surface area contributed by atoms with Crippen molar-refractivity contribution < 1.29 is 14.7 Å². The molecule has 0 aliphatic carbocycles. The maximum absolute atomic E-state index is 12.3. The van der Waals surface area contributed by atoms with Crippen molar-refractivity contribution in [2.75, 3.05) is 6.54 Å². The van der Waals surface area contributed by atoms with E-state index in [0.717, 1.165) is 17.0 Å². The Hall–Kier alpha value is -2.63. The molecule has 1 heterocycles. The van der Waals surface area contributed by atoms with Crippen LogP contribution in [0.25, 0.3) is 0 Å². The number of benzene rings is 1. The van der Waals surface area contributed by atoms with Crippen molar-refractivity contribution in [3.8, 4) is 0 Å². The first kappa shape index (κ1) is 22.7. The summed E-state index contributed by atoms with van der Waals surface area (Å²) in [7, 11) is 0. The highest BCUT2D eigenvalue weighted by Gasteiger charge is 2.35. The van der Waals surface area contributed by atoms with Crippen molar-refractivity contribution >= 4 is 11.9 Å². The summed E-state index contributed by atoms with van der Waals surface area (Å²) in [5.74, 6) is -0.977. The Kier molecular flexibility index (Phi) is 7.59. The minimum absolute atomic E-state index is 0.123. The molecule has 0 spiro atoms. The van der Waals surface area contributed by atoms with Gasteiger partial charge in [-0.15, -0.1) is 0 Å². The van der Waals surface area contributed by atoms with Gasteiger partial charge in [-0.1, -0.05) is 43.7 Å². The lowest BCUT2D eigenvalue weighted by atomic mass is 9.82. The predicted octanol–water partition coefficient (Wildman–Crippen LogP) is 3.80. The minimum Gasteiger partial charge on any atom is -0.481 e. The van der Waals surface area contributed by atoms with Gasteiger partial charge in [0.1, 0.15) is 0 Å². The summed E-state index contributed by atoms with van der Waals surface area (Å²) >= 11 is 0. The molecule has 6 heteroatoms. The van der Waals surface area contributed by atoms with E-state index in [9.17, 15) is 14.7 Å². The SMILES string of the molecule is CCC(CC)(CNC(=O)CCc1c(C)nn(Cc2ccc(C)cc2)c1C)C(=O)O. The van der Waals surface area contributed by atoms with Gasteiger partial charge in [0, 0.05) is 18.7 Å². The van der Waals surface area contributed by atoms with Crippen molar-refractivity contribution in [2.45, 2.75) is 66.8 Å². The smallest absolute Gasteiger partial charge is 0.311 e. The first-order chi connectivity index (χ1) is 13.7. The maximum atomic E-state index is 12.3. The van der Waals surface area contributed by atoms with Gasteiger partial charge in [0.2, 0.25) is 5.91 Å². The van der Waals surface area contributed by atoms with E-state index in [2.05, 4.69) is 41.6 Å². The average Bonchev–Trinajstić information content (AvgIpc) is 2.95. The highest BCUT2D eigenvalue weighted by Crippen LogP contribution is 2.25. The molecular weight excluding hydrogens is 366 g/mol. The van der Waals surface area contributed by atoms with Crippen LogP contribution in [0.1, 0.15) is 61.2 Å². The van der Waals surface area contributed by atoms with E-state index in [1.54, 1.807) is 0 Å². The van der Waals surface area contributed by atoms with Crippen LogP contribution in [-0.2, 0) is 22.6 Å². The quantitative estimate of drug-likeness (QED) is 0.636. The van der Waals surface area contributed by atoms with Crippen molar-refractivity contribution in [1.29, 1.82) is 0 Å². The van der Waals surface area contributed by atoms with Crippen LogP contribution in [0.4, 0.5) is 0 Å². The first-order valence-electron chi connectivity index (χ1n) is 10.3. The number of carboxylic acid groups (broad SMARTS) is 1. The molecule has 2 N–H and O–H groups in total. The van der Waals surface area contributed by atoms with Crippen LogP contribution in [0.2, 0.25) is 0 Å². The Morgan fingerprint density at radius 2 is 1.72 bits per heavy atom. The van der Waals surface area contributed by atoms with E-state index in [4.69, 9.17) is 0 Å². The highest BCUT2D eigenvalue weighted by molar-refractivity contribution is 5.79. The first-order valence-corrected chi connectivity index (χ1v) is 10.3. The van der Waals surface area contributed by atoms with E-state index >= 15 is 0 Å². The molecule has 1 aromatic carbocycles. The number of hydrogen-bond donors (Lipinski definition) is 2. The summed E-state index contributed by atoms with van der Waals surface area (Å²) < 4.78 is 1.98. The third-order valence-electron chi connectivity index (χ3n) is 6.02. The molecule has 1 aromatic heterocycles.